The topological polar surface area (TPSA) is 70.0 Å². The van der Waals surface area contributed by atoms with Crippen molar-refractivity contribution in [3.05, 3.63) is 29.8 Å². The molecule has 0 radical (unpaired) electrons. The zero-order valence-electron chi connectivity index (χ0n) is 10.1. The maximum absolute atomic E-state index is 12.1. The molecule has 0 aromatic heterocycles. The van der Waals surface area contributed by atoms with Crippen LogP contribution in [-0.2, 0) is 10.0 Å². The van der Waals surface area contributed by atoms with E-state index in [1.54, 1.807) is 12.1 Å². The molecule has 0 aliphatic heterocycles. The Labute approximate surface area is 108 Å². The Hall–Kier alpha value is -1.82. The van der Waals surface area contributed by atoms with Gasteiger partial charge in [-0.3, -0.25) is 0 Å². The van der Waals surface area contributed by atoms with Gasteiger partial charge in [0.1, 0.15) is 6.07 Å². The lowest BCUT2D eigenvalue weighted by Crippen LogP contribution is -2.34. The van der Waals surface area contributed by atoms with Crippen molar-refractivity contribution in [1.29, 1.82) is 5.26 Å². The van der Waals surface area contributed by atoms with Gasteiger partial charge >= 0.3 is 0 Å². The second kappa shape index (κ2) is 6.20. The minimum atomic E-state index is -3.75. The lowest BCUT2D eigenvalue weighted by Gasteiger charge is -2.13. The van der Waals surface area contributed by atoms with E-state index < -0.39 is 16.1 Å². The van der Waals surface area contributed by atoms with Crippen LogP contribution in [0.15, 0.2) is 29.2 Å². The smallest absolute Gasteiger partial charge is 0.207 e. The van der Waals surface area contributed by atoms with E-state index in [0.29, 0.717) is 6.42 Å². The molecule has 1 aromatic rings. The highest BCUT2D eigenvalue weighted by atomic mass is 32.2. The second-order valence-electron chi connectivity index (χ2n) is 3.74. The summed E-state index contributed by atoms with van der Waals surface area (Å²) >= 11 is 0. The standard InChI is InChI=1S/C13H14N2O2S/c1-3-7-12(4-2)15-18(16,17)13-9-6-5-8-11(13)10-14/h2,5-6,8-9,12,15H,3,7H2,1H3. The average molecular weight is 262 g/mol. The van der Waals surface area contributed by atoms with Crippen LogP contribution < -0.4 is 4.72 Å². The van der Waals surface area contributed by atoms with Gasteiger partial charge in [0.2, 0.25) is 10.0 Å². The Kier molecular flexibility index (Phi) is 4.91. The monoisotopic (exact) mass is 262 g/mol. The number of hydrogen-bond donors (Lipinski definition) is 1. The number of benzene rings is 1. The highest BCUT2D eigenvalue weighted by Crippen LogP contribution is 2.15. The van der Waals surface area contributed by atoms with E-state index in [2.05, 4.69) is 10.6 Å². The normalized spacial score (nSPS) is 12.4. The Morgan fingerprint density at radius 1 is 1.44 bits per heavy atom. The molecule has 0 amide bonds. The van der Waals surface area contributed by atoms with Crippen molar-refractivity contribution < 1.29 is 8.42 Å². The average Bonchev–Trinajstić information content (AvgIpc) is 2.38. The number of nitrogens with zero attached hydrogens (tertiary/aromatic N) is 1. The molecule has 0 saturated carbocycles. The SMILES string of the molecule is C#CC(CCC)NS(=O)(=O)c1ccccc1C#N. The zero-order valence-corrected chi connectivity index (χ0v) is 10.9. The molecule has 0 fully saturated rings. The van der Waals surface area contributed by atoms with Crippen LogP contribution >= 0.6 is 0 Å². The Morgan fingerprint density at radius 3 is 2.67 bits per heavy atom. The van der Waals surface area contributed by atoms with E-state index in [9.17, 15) is 8.42 Å². The summed E-state index contributed by atoms with van der Waals surface area (Å²) in [5, 5.41) is 8.89. The highest BCUT2D eigenvalue weighted by Gasteiger charge is 2.21. The first-order valence-corrected chi connectivity index (χ1v) is 7.01. The summed E-state index contributed by atoms with van der Waals surface area (Å²) in [6, 6.07) is 7.33. The molecule has 94 valence electrons. The van der Waals surface area contributed by atoms with Gasteiger partial charge in [-0.1, -0.05) is 31.4 Å². The van der Waals surface area contributed by atoms with Crippen LogP contribution in [0.1, 0.15) is 25.3 Å². The van der Waals surface area contributed by atoms with Crippen LogP contribution in [0.25, 0.3) is 0 Å². The van der Waals surface area contributed by atoms with Gasteiger partial charge < -0.3 is 0 Å². The number of terminal acetylenes is 1. The minimum absolute atomic E-state index is 0.0381. The third-order valence-electron chi connectivity index (χ3n) is 2.37. The molecule has 0 aliphatic rings. The van der Waals surface area contributed by atoms with E-state index in [1.165, 1.54) is 12.1 Å². The number of nitrogens with one attached hydrogen (secondary N) is 1. The van der Waals surface area contributed by atoms with Crippen LogP contribution in [0, 0.1) is 23.7 Å². The van der Waals surface area contributed by atoms with Crippen LogP contribution in [0.2, 0.25) is 0 Å². The summed E-state index contributed by atoms with van der Waals surface area (Å²) in [5.41, 5.74) is 0.109. The molecule has 0 heterocycles. The van der Waals surface area contributed by atoms with E-state index in [-0.39, 0.29) is 10.5 Å². The Bertz CT molecular complexity index is 594. The number of hydrogen-bond acceptors (Lipinski definition) is 3. The quantitative estimate of drug-likeness (QED) is 0.820. The van der Waals surface area contributed by atoms with Gasteiger partial charge in [-0.15, -0.1) is 6.42 Å². The number of sulfonamides is 1. The fourth-order valence-electron chi connectivity index (χ4n) is 1.51. The molecule has 0 spiro atoms. The van der Waals surface area contributed by atoms with Crippen LogP contribution in [0.4, 0.5) is 0 Å². The summed E-state index contributed by atoms with van der Waals surface area (Å²) in [6.07, 6.45) is 6.61. The third-order valence-corrected chi connectivity index (χ3v) is 3.90. The molecular weight excluding hydrogens is 248 g/mol. The second-order valence-corrected chi connectivity index (χ2v) is 5.42. The molecule has 1 unspecified atom stereocenters. The van der Waals surface area contributed by atoms with Gasteiger partial charge in [0, 0.05) is 0 Å². The first-order valence-electron chi connectivity index (χ1n) is 5.52. The van der Waals surface area contributed by atoms with Gasteiger partial charge in [-0.25, -0.2) is 8.42 Å². The van der Waals surface area contributed by atoms with E-state index in [1.807, 2.05) is 13.0 Å². The third kappa shape index (κ3) is 3.33. The van der Waals surface area contributed by atoms with Crippen molar-refractivity contribution in [2.45, 2.75) is 30.7 Å². The van der Waals surface area contributed by atoms with Gasteiger partial charge in [0.25, 0.3) is 0 Å². The van der Waals surface area contributed by atoms with Crippen molar-refractivity contribution in [3.8, 4) is 18.4 Å². The fraction of sp³-hybridized carbons (Fsp3) is 0.308. The predicted octanol–water partition coefficient (Wildman–Crippen LogP) is 1.64. The lowest BCUT2D eigenvalue weighted by atomic mass is 10.2. The molecule has 4 nitrogen and oxygen atoms in total. The van der Waals surface area contributed by atoms with Crippen LogP contribution in [-0.4, -0.2) is 14.5 Å². The fourth-order valence-corrected chi connectivity index (χ4v) is 2.86. The molecule has 1 atom stereocenters. The molecule has 5 heteroatoms. The Balaban J connectivity index is 3.08. The molecule has 0 bridgehead atoms. The van der Waals surface area contributed by atoms with E-state index >= 15 is 0 Å². The maximum Gasteiger partial charge on any atom is 0.242 e. The van der Waals surface area contributed by atoms with Gasteiger partial charge in [-0.05, 0) is 18.6 Å². The zero-order chi connectivity index (χ0) is 13.6. The largest absolute Gasteiger partial charge is 0.242 e. The minimum Gasteiger partial charge on any atom is -0.207 e. The first kappa shape index (κ1) is 14.2. The van der Waals surface area contributed by atoms with Crippen molar-refractivity contribution >= 4 is 10.0 Å². The number of nitriles is 1. The molecular formula is C13H14N2O2S. The molecule has 1 rings (SSSR count). The summed E-state index contributed by atoms with van der Waals surface area (Å²) in [6.45, 7) is 1.92. The van der Waals surface area contributed by atoms with Crippen molar-refractivity contribution in [1.82, 2.24) is 4.72 Å². The summed E-state index contributed by atoms with van der Waals surface area (Å²) in [4.78, 5) is -0.0381. The Morgan fingerprint density at radius 2 is 2.11 bits per heavy atom. The summed E-state index contributed by atoms with van der Waals surface area (Å²) in [5.74, 6) is 2.39. The van der Waals surface area contributed by atoms with Crippen LogP contribution in [0.5, 0.6) is 0 Å². The highest BCUT2D eigenvalue weighted by molar-refractivity contribution is 7.89. The summed E-state index contributed by atoms with van der Waals surface area (Å²) < 4.78 is 26.6. The van der Waals surface area contributed by atoms with Crippen molar-refractivity contribution in [2.24, 2.45) is 0 Å². The predicted molar refractivity (Wildman–Crippen MR) is 69.0 cm³/mol. The van der Waals surface area contributed by atoms with E-state index in [0.717, 1.165) is 6.42 Å². The maximum atomic E-state index is 12.1. The number of rotatable bonds is 5. The van der Waals surface area contributed by atoms with Crippen molar-refractivity contribution in [3.63, 3.8) is 0 Å². The van der Waals surface area contributed by atoms with Gasteiger partial charge in [0.05, 0.1) is 16.5 Å². The van der Waals surface area contributed by atoms with Crippen molar-refractivity contribution in [2.75, 3.05) is 0 Å². The lowest BCUT2D eigenvalue weighted by molar-refractivity contribution is 0.564. The van der Waals surface area contributed by atoms with E-state index in [4.69, 9.17) is 11.7 Å². The molecule has 0 saturated heterocycles. The molecule has 0 aliphatic carbocycles. The first-order chi connectivity index (χ1) is 8.55. The van der Waals surface area contributed by atoms with Crippen LogP contribution in [0.3, 0.4) is 0 Å². The molecule has 1 N–H and O–H groups in total. The van der Waals surface area contributed by atoms with Gasteiger partial charge in [0.15, 0.2) is 0 Å². The van der Waals surface area contributed by atoms with Gasteiger partial charge in [-0.2, -0.15) is 9.98 Å². The molecule has 18 heavy (non-hydrogen) atoms. The summed E-state index contributed by atoms with van der Waals surface area (Å²) in [7, 11) is -3.75. The molecule has 1 aromatic carbocycles.